The Labute approximate surface area is 198 Å². The van der Waals surface area contributed by atoms with Crippen LogP contribution in [0.15, 0.2) is 47.7 Å². The van der Waals surface area contributed by atoms with Crippen LogP contribution < -0.4 is 15.3 Å². The lowest BCUT2D eigenvalue weighted by atomic mass is 10.0. The predicted octanol–water partition coefficient (Wildman–Crippen LogP) is 2.71. The number of rotatable bonds is 7. The van der Waals surface area contributed by atoms with Crippen molar-refractivity contribution in [2.24, 2.45) is 0 Å². The average Bonchev–Trinajstić information content (AvgIpc) is 3.04. The van der Waals surface area contributed by atoms with Gasteiger partial charge in [0.1, 0.15) is 6.61 Å². The van der Waals surface area contributed by atoms with Crippen LogP contribution in [0.5, 0.6) is 5.75 Å². The standard InChI is InChI=1S/C25H29N7O2/c1-17-22-16-28-32(24-26-14-21(15-27-24)34-12-11-29(3)4)25(33)31(22)18(2)23(17)19-7-5-8-20(13-19)30-9-6-10-30/h5,7-8,13-16H,6,9-12H2,1-4H3. The molecule has 0 unspecified atom stereocenters. The molecule has 9 heteroatoms. The van der Waals surface area contributed by atoms with Gasteiger partial charge in [0.25, 0.3) is 5.95 Å². The van der Waals surface area contributed by atoms with Crippen LogP contribution >= 0.6 is 0 Å². The fraction of sp³-hybridized carbons (Fsp3) is 0.360. The van der Waals surface area contributed by atoms with Gasteiger partial charge in [0.15, 0.2) is 5.75 Å². The van der Waals surface area contributed by atoms with E-state index in [9.17, 15) is 4.79 Å². The normalized spacial score (nSPS) is 13.5. The molecule has 0 atom stereocenters. The second kappa shape index (κ2) is 8.90. The number of aromatic nitrogens is 5. The molecule has 1 saturated heterocycles. The van der Waals surface area contributed by atoms with Gasteiger partial charge in [0.05, 0.1) is 24.1 Å². The van der Waals surface area contributed by atoms with Crippen molar-refractivity contribution in [2.75, 3.05) is 45.2 Å². The number of nitrogens with zero attached hydrogens (tertiary/aromatic N) is 7. The van der Waals surface area contributed by atoms with Crippen molar-refractivity contribution in [3.63, 3.8) is 0 Å². The van der Waals surface area contributed by atoms with Gasteiger partial charge in [0.2, 0.25) is 0 Å². The lowest BCUT2D eigenvalue weighted by Gasteiger charge is -2.33. The number of anilines is 1. The second-order valence-electron chi connectivity index (χ2n) is 8.91. The maximum absolute atomic E-state index is 13.4. The molecular weight excluding hydrogens is 430 g/mol. The molecule has 0 aliphatic carbocycles. The average molecular weight is 460 g/mol. The van der Waals surface area contributed by atoms with E-state index in [1.54, 1.807) is 23.0 Å². The van der Waals surface area contributed by atoms with Gasteiger partial charge >= 0.3 is 5.69 Å². The summed E-state index contributed by atoms with van der Waals surface area (Å²) in [6, 6.07) is 8.53. The van der Waals surface area contributed by atoms with Crippen LogP contribution in [0.3, 0.4) is 0 Å². The SMILES string of the molecule is Cc1c(-c2cccc(N3CCC3)c2)c(C)n2c(=O)n(-c3ncc(OCCN(C)C)cn3)ncc12. The Hall–Kier alpha value is -3.72. The van der Waals surface area contributed by atoms with Gasteiger partial charge in [-0.2, -0.15) is 5.10 Å². The van der Waals surface area contributed by atoms with Gasteiger partial charge in [-0.3, -0.25) is 4.40 Å². The van der Waals surface area contributed by atoms with Crippen LogP contribution in [0.2, 0.25) is 0 Å². The van der Waals surface area contributed by atoms with Gasteiger partial charge < -0.3 is 14.5 Å². The minimum atomic E-state index is -0.301. The monoisotopic (exact) mass is 459 g/mol. The Morgan fingerprint density at radius 1 is 1.09 bits per heavy atom. The Morgan fingerprint density at radius 3 is 2.53 bits per heavy atom. The first-order chi connectivity index (χ1) is 16.4. The van der Waals surface area contributed by atoms with Crippen LogP contribution in [0.1, 0.15) is 17.7 Å². The van der Waals surface area contributed by atoms with Crippen LogP contribution in [0.25, 0.3) is 22.6 Å². The number of ether oxygens (including phenoxy) is 1. The zero-order valence-corrected chi connectivity index (χ0v) is 20.0. The molecule has 9 nitrogen and oxygen atoms in total. The fourth-order valence-electron chi connectivity index (χ4n) is 4.35. The van der Waals surface area contributed by atoms with Crippen molar-refractivity contribution < 1.29 is 4.74 Å². The third kappa shape index (κ3) is 3.92. The largest absolute Gasteiger partial charge is 0.489 e. The maximum Gasteiger partial charge on any atom is 0.356 e. The summed E-state index contributed by atoms with van der Waals surface area (Å²) in [4.78, 5) is 26.5. The van der Waals surface area contributed by atoms with E-state index >= 15 is 0 Å². The Kier molecular flexibility index (Phi) is 5.79. The predicted molar refractivity (Wildman–Crippen MR) is 132 cm³/mol. The van der Waals surface area contributed by atoms with E-state index in [4.69, 9.17) is 4.74 Å². The van der Waals surface area contributed by atoms with Crippen molar-refractivity contribution in [3.8, 4) is 22.8 Å². The molecule has 0 saturated carbocycles. The minimum absolute atomic E-state index is 0.207. The van der Waals surface area contributed by atoms with Gasteiger partial charge in [-0.15, -0.1) is 4.68 Å². The minimum Gasteiger partial charge on any atom is -0.489 e. The summed E-state index contributed by atoms with van der Waals surface area (Å²) >= 11 is 0. The first kappa shape index (κ1) is 22.1. The summed E-state index contributed by atoms with van der Waals surface area (Å²) in [5.74, 6) is 0.760. The van der Waals surface area contributed by atoms with Gasteiger partial charge in [-0.05, 0) is 57.6 Å². The Morgan fingerprint density at radius 2 is 1.85 bits per heavy atom. The summed E-state index contributed by atoms with van der Waals surface area (Å²) in [7, 11) is 3.97. The molecular formula is C25H29N7O2. The quantitative estimate of drug-likeness (QED) is 0.420. The lowest BCUT2D eigenvalue weighted by Crippen LogP contribution is -2.36. The topological polar surface area (TPSA) is 80.8 Å². The lowest BCUT2D eigenvalue weighted by molar-refractivity contribution is 0.260. The molecule has 0 spiro atoms. The number of benzene rings is 1. The molecule has 3 aromatic heterocycles. The summed E-state index contributed by atoms with van der Waals surface area (Å²) in [6.07, 6.45) is 6.07. The van der Waals surface area contributed by atoms with E-state index in [1.807, 2.05) is 32.8 Å². The molecule has 0 N–H and O–H groups in total. The van der Waals surface area contributed by atoms with Crippen LogP contribution in [0.4, 0.5) is 5.69 Å². The maximum atomic E-state index is 13.4. The van der Waals surface area contributed by atoms with Gasteiger partial charge in [-0.1, -0.05) is 12.1 Å². The number of aryl methyl sites for hydroxylation is 2. The third-order valence-corrected chi connectivity index (χ3v) is 6.33. The van der Waals surface area contributed by atoms with Crippen molar-refractivity contribution in [2.45, 2.75) is 20.3 Å². The summed E-state index contributed by atoms with van der Waals surface area (Å²) in [6.45, 7) is 7.51. The summed E-state index contributed by atoms with van der Waals surface area (Å²) < 4.78 is 8.57. The summed E-state index contributed by atoms with van der Waals surface area (Å²) in [5, 5.41) is 4.37. The van der Waals surface area contributed by atoms with E-state index < -0.39 is 0 Å². The first-order valence-corrected chi connectivity index (χ1v) is 11.5. The summed E-state index contributed by atoms with van der Waals surface area (Å²) in [5.41, 5.74) is 5.76. The molecule has 4 heterocycles. The van der Waals surface area contributed by atoms with E-state index in [0.29, 0.717) is 12.4 Å². The molecule has 1 aliphatic heterocycles. The highest BCUT2D eigenvalue weighted by atomic mass is 16.5. The van der Waals surface area contributed by atoms with Gasteiger partial charge in [-0.25, -0.2) is 14.8 Å². The molecule has 1 aromatic carbocycles. The number of hydrogen-bond donors (Lipinski definition) is 0. The first-order valence-electron chi connectivity index (χ1n) is 11.5. The van der Waals surface area contributed by atoms with Crippen molar-refractivity contribution >= 4 is 11.2 Å². The fourth-order valence-corrected chi connectivity index (χ4v) is 4.35. The zero-order chi connectivity index (χ0) is 23.8. The number of likely N-dealkylation sites (N-methyl/N-ethyl adjacent to an activating group) is 1. The molecule has 5 rings (SSSR count). The van der Waals surface area contributed by atoms with Gasteiger partial charge in [0, 0.05) is 36.6 Å². The smallest absolute Gasteiger partial charge is 0.356 e. The highest BCUT2D eigenvalue weighted by Gasteiger charge is 2.20. The molecule has 1 fully saturated rings. The molecule has 0 bridgehead atoms. The zero-order valence-electron chi connectivity index (χ0n) is 20.0. The number of hydrogen-bond acceptors (Lipinski definition) is 7. The Bertz CT molecular complexity index is 1390. The second-order valence-corrected chi connectivity index (χ2v) is 8.91. The Balaban J connectivity index is 1.51. The molecule has 34 heavy (non-hydrogen) atoms. The number of fused-ring (bicyclic) bond motifs is 1. The third-order valence-electron chi connectivity index (χ3n) is 6.33. The van der Waals surface area contributed by atoms with E-state index in [1.165, 1.54) is 16.8 Å². The highest BCUT2D eigenvalue weighted by molar-refractivity contribution is 5.80. The van der Waals surface area contributed by atoms with Crippen LogP contribution in [0, 0.1) is 13.8 Å². The van der Waals surface area contributed by atoms with Crippen LogP contribution in [-0.2, 0) is 0 Å². The van der Waals surface area contributed by atoms with Crippen LogP contribution in [-0.4, -0.2) is 69.4 Å². The highest BCUT2D eigenvalue weighted by Crippen LogP contribution is 2.34. The van der Waals surface area contributed by atoms with E-state index in [-0.39, 0.29) is 11.6 Å². The van der Waals surface area contributed by atoms with E-state index in [0.717, 1.165) is 47.5 Å². The molecule has 0 radical (unpaired) electrons. The van der Waals surface area contributed by atoms with Crippen molar-refractivity contribution in [1.29, 1.82) is 0 Å². The van der Waals surface area contributed by atoms with E-state index in [2.05, 4.69) is 44.2 Å². The van der Waals surface area contributed by atoms with Crippen molar-refractivity contribution in [3.05, 3.63) is 64.6 Å². The van der Waals surface area contributed by atoms with Crippen molar-refractivity contribution in [1.82, 2.24) is 29.0 Å². The molecule has 4 aromatic rings. The molecule has 176 valence electrons. The molecule has 0 amide bonds. The molecule has 1 aliphatic rings.